The van der Waals surface area contributed by atoms with Crippen LogP contribution in [0.1, 0.15) is 33.4 Å². The number of hydrogen-bond acceptors (Lipinski definition) is 4. The summed E-state index contributed by atoms with van der Waals surface area (Å²) in [6.07, 6.45) is 0. The fraction of sp³-hybridized carbons (Fsp3) is 0.0462. The zero-order valence-corrected chi connectivity index (χ0v) is 41.9. The van der Waals surface area contributed by atoms with Crippen LogP contribution in [0.15, 0.2) is 229 Å². The molecule has 0 bridgehead atoms. The fourth-order valence-corrected chi connectivity index (χ4v) is 16.2. The third kappa shape index (κ3) is 6.22. The Hall–Kier alpha value is -7.50. The molecular weight excluding hydrogens is 952 g/mol. The second kappa shape index (κ2) is 16.3. The Morgan fingerprint density at radius 3 is 1.53 bits per heavy atom. The van der Waals surface area contributed by atoms with Crippen LogP contribution in [0.25, 0.3) is 62.4 Å². The van der Waals surface area contributed by atoms with E-state index in [0.717, 1.165) is 17.1 Å². The van der Waals surface area contributed by atoms with Gasteiger partial charge in [0.05, 0.1) is 0 Å². The number of rotatable bonds is 7. The SMILES string of the molecule is Cc1cc(N2c3cc(-c4ccccc4)ccc3C3(c4ccsc4-c4sccc43)c3ccc4c([se]c5ccccc54)c32)c(C)cc1N(c1ccc(-c2ccccc2)cc1)c1ccc(-c2ccccc2)cc1. The molecule has 2 nitrogen and oxygen atoms in total. The van der Waals surface area contributed by atoms with Gasteiger partial charge in [0, 0.05) is 0 Å². The summed E-state index contributed by atoms with van der Waals surface area (Å²) >= 11 is 3.87. The van der Waals surface area contributed by atoms with Crippen LogP contribution in [0.2, 0.25) is 0 Å². The molecule has 2 aliphatic rings. The van der Waals surface area contributed by atoms with Crippen LogP contribution >= 0.6 is 22.7 Å². The predicted octanol–water partition coefficient (Wildman–Crippen LogP) is 18.4. The quantitative estimate of drug-likeness (QED) is 0.147. The molecule has 0 unspecified atom stereocenters. The molecule has 0 saturated heterocycles. The van der Waals surface area contributed by atoms with Crippen molar-refractivity contribution < 1.29 is 0 Å². The van der Waals surface area contributed by atoms with Crippen molar-refractivity contribution in [1.29, 1.82) is 0 Å². The van der Waals surface area contributed by atoms with Crippen molar-refractivity contribution in [3.8, 4) is 43.1 Å². The maximum absolute atomic E-state index is 2.69. The normalized spacial score (nSPS) is 13.1. The third-order valence-electron chi connectivity index (χ3n) is 14.7. The molecular formula is C65H44N2S2Se. The van der Waals surface area contributed by atoms with Crippen molar-refractivity contribution in [1.82, 2.24) is 0 Å². The molecule has 14 rings (SSSR count). The van der Waals surface area contributed by atoms with Crippen molar-refractivity contribution in [2.75, 3.05) is 9.80 Å². The molecule has 0 atom stereocenters. The van der Waals surface area contributed by atoms with Gasteiger partial charge < -0.3 is 0 Å². The number of aryl methyl sites for hydroxylation is 2. The first kappa shape index (κ1) is 41.5. The van der Waals surface area contributed by atoms with E-state index in [-0.39, 0.29) is 14.5 Å². The Kier molecular flexibility index (Phi) is 9.66. The first-order valence-corrected chi connectivity index (χ1v) is 27.4. The summed E-state index contributed by atoms with van der Waals surface area (Å²) < 4.78 is 2.91. The van der Waals surface area contributed by atoms with Crippen molar-refractivity contribution in [2.24, 2.45) is 0 Å². The van der Waals surface area contributed by atoms with Crippen LogP contribution in [0.3, 0.4) is 0 Å². The average molecular weight is 996 g/mol. The minimum absolute atomic E-state index is 0.0936. The van der Waals surface area contributed by atoms with E-state index in [1.54, 1.807) is 0 Å². The van der Waals surface area contributed by atoms with Crippen LogP contribution in [-0.4, -0.2) is 14.5 Å². The Bertz CT molecular complexity index is 3840. The molecule has 0 N–H and O–H groups in total. The van der Waals surface area contributed by atoms with Crippen molar-refractivity contribution in [3.63, 3.8) is 0 Å². The van der Waals surface area contributed by atoms with Gasteiger partial charge in [-0.25, -0.2) is 0 Å². The number of hydrogen-bond donors (Lipinski definition) is 0. The molecule has 9 aromatic carbocycles. The van der Waals surface area contributed by atoms with Gasteiger partial charge in [0.2, 0.25) is 0 Å². The molecule has 4 heterocycles. The van der Waals surface area contributed by atoms with E-state index in [1.807, 2.05) is 22.7 Å². The topological polar surface area (TPSA) is 6.48 Å². The van der Waals surface area contributed by atoms with Crippen LogP contribution in [0.5, 0.6) is 0 Å². The molecule has 1 aliphatic heterocycles. The summed E-state index contributed by atoms with van der Waals surface area (Å²) in [4.78, 5) is 7.94. The van der Waals surface area contributed by atoms with Gasteiger partial charge >= 0.3 is 354 Å². The monoisotopic (exact) mass is 996 g/mol. The van der Waals surface area contributed by atoms with E-state index >= 15 is 0 Å². The van der Waals surface area contributed by atoms with Gasteiger partial charge in [-0.05, 0) is 11.1 Å². The van der Waals surface area contributed by atoms with Crippen LogP contribution in [0, 0.1) is 13.8 Å². The zero-order valence-electron chi connectivity index (χ0n) is 38.6. The third-order valence-corrected chi connectivity index (χ3v) is 19.2. The zero-order chi connectivity index (χ0) is 46.5. The Morgan fingerprint density at radius 2 is 0.929 bits per heavy atom. The summed E-state index contributed by atoms with van der Waals surface area (Å²) in [6.45, 7) is 4.63. The second-order valence-corrected chi connectivity index (χ2v) is 22.6. The van der Waals surface area contributed by atoms with Gasteiger partial charge in [-0.15, -0.1) is 0 Å². The molecule has 0 fully saturated rings. The predicted molar refractivity (Wildman–Crippen MR) is 300 cm³/mol. The molecule has 0 radical (unpaired) electrons. The number of fused-ring (bicyclic) bond motifs is 13. The molecule has 332 valence electrons. The molecule has 12 aromatic rings. The Balaban J connectivity index is 1.01. The molecule has 0 saturated carbocycles. The number of thiophene rings is 2. The number of anilines is 6. The molecule has 0 amide bonds. The van der Waals surface area contributed by atoms with E-state index in [2.05, 4.69) is 253 Å². The summed E-state index contributed by atoms with van der Waals surface area (Å²) in [5, 5.41) is 7.36. The van der Waals surface area contributed by atoms with Gasteiger partial charge in [-0.2, -0.15) is 0 Å². The molecule has 5 heteroatoms. The first-order chi connectivity index (χ1) is 34.5. The van der Waals surface area contributed by atoms with Crippen LogP contribution < -0.4 is 9.80 Å². The van der Waals surface area contributed by atoms with Gasteiger partial charge in [0.1, 0.15) is 0 Å². The average Bonchev–Trinajstić information content (AvgIpc) is 4.23. The maximum atomic E-state index is 2.69. The summed E-state index contributed by atoms with van der Waals surface area (Å²) in [7, 11) is 0. The van der Waals surface area contributed by atoms with Crippen molar-refractivity contribution >= 4 is 90.6 Å². The van der Waals surface area contributed by atoms with E-state index in [1.165, 1.54) is 113 Å². The van der Waals surface area contributed by atoms with Gasteiger partial charge in [0.25, 0.3) is 0 Å². The summed E-state index contributed by atoms with van der Waals surface area (Å²) in [6, 6.07) is 81.6. The Morgan fingerprint density at radius 1 is 0.414 bits per heavy atom. The molecule has 3 aromatic heterocycles. The standard InChI is InChI=1S/C65H44N2S2Se/c1-41-39-58(42(2)38-57(41)66(49-27-22-46(23-28-49)43-14-6-3-7-15-43)50-29-24-47(25-30-50)44-16-8-4-9-17-44)67-59-40-48(45-18-10-5-11-19-45)26-32-53(59)65(55-34-36-68-62(55)63-56(65)35-37-69-63)54-33-31-52-51-20-12-13-21-60(51)70-64(52)61(54)67/h3-40H,1-2H3. The van der Waals surface area contributed by atoms with Crippen LogP contribution in [-0.2, 0) is 5.41 Å². The molecule has 1 spiro atoms. The van der Waals surface area contributed by atoms with E-state index in [0.29, 0.717) is 0 Å². The number of nitrogens with zero attached hydrogens (tertiary/aromatic N) is 2. The van der Waals surface area contributed by atoms with Gasteiger partial charge in [0.15, 0.2) is 0 Å². The van der Waals surface area contributed by atoms with E-state index in [4.69, 9.17) is 0 Å². The van der Waals surface area contributed by atoms with Gasteiger partial charge in [-0.1, -0.05) is 60.7 Å². The Labute approximate surface area is 422 Å². The van der Waals surface area contributed by atoms with E-state index in [9.17, 15) is 0 Å². The van der Waals surface area contributed by atoms with Gasteiger partial charge in [-0.3, -0.25) is 0 Å². The second-order valence-electron chi connectivity index (χ2n) is 18.5. The van der Waals surface area contributed by atoms with Crippen molar-refractivity contribution in [2.45, 2.75) is 19.3 Å². The summed E-state index contributed by atoms with van der Waals surface area (Å²) in [5.41, 5.74) is 21.9. The first-order valence-electron chi connectivity index (χ1n) is 23.9. The summed E-state index contributed by atoms with van der Waals surface area (Å²) in [5.74, 6) is 0. The number of benzene rings is 9. The van der Waals surface area contributed by atoms with Crippen molar-refractivity contribution in [3.05, 3.63) is 263 Å². The molecule has 70 heavy (non-hydrogen) atoms. The van der Waals surface area contributed by atoms with Crippen LogP contribution in [0.4, 0.5) is 34.1 Å². The fourth-order valence-electron chi connectivity index (χ4n) is 11.5. The minimum atomic E-state index is -0.460. The molecule has 1 aliphatic carbocycles. The van der Waals surface area contributed by atoms with E-state index < -0.39 is 5.41 Å².